The second kappa shape index (κ2) is 4.49. The highest BCUT2D eigenvalue weighted by Crippen LogP contribution is 2.28. The van der Waals surface area contributed by atoms with Crippen molar-refractivity contribution in [1.29, 1.82) is 0 Å². The van der Waals surface area contributed by atoms with E-state index in [1.54, 1.807) is 0 Å². The van der Waals surface area contributed by atoms with Gasteiger partial charge in [-0.3, -0.25) is 5.84 Å². The van der Waals surface area contributed by atoms with Crippen LogP contribution in [-0.4, -0.2) is 0 Å². The van der Waals surface area contributed by atoms with Gasteiger partial charge in [-0.1, -0.05) is 39.0 Å². The minimum absolute atomic E-state index is 0. The Morgan fingerprint density at radius 2 is 1.69 bits per heavy atom. The van der Waals surface area contributed by atoms with E-state index in [4.69, 9.17) is 5.84 Å². The summed E-state index contributed by atoms with van der Waals surface area (Å²) in [5.74, 6) is 5.40. The normalized spacial score (nSPS) is 10.5. The van der Waals surface area contributed by atoms with Crippen molar-refractivity contribution in [3.05, 3.63) is 29.8 Å². The molecule has 1 aromatic rings. The first-order valence-corrected chi connectivity index (χ1v) is 4.12. The maximum Gasteiger partial charge on any atom is 0.0522 e. The summed E-state index contributed by atoms with van der Waals surface area (Å²) in [6.45, 7) is 6.51. The van der Waals surface area contributed by atoms with Gasteiger partial charge in [0, 0.05) is 0 Å². The molecule has 0 aliphatic heterocycles. The molecule has 3 N–H and O–H groups in total. The average Bonchev–Trinajstić information content (AvgIpc) is 2.03. The highest BCUT2D eigenvalue weighted by molar-refractivity contribution is 5.85. The van der Waals surface area contributed by atoms with Crippen LogP contribution in [0.1, 0.15) is 26.3 Å². The van der Waals surface area contributed by atoms with E-state index in [1.165, 1.54) is 5.56 Å². The van der Waals surface area contributed by atoms with Gasteiger partial charge in [0.1, 0.15) is 0 Å². The Balaban J connectivity index is 0.00000144. The third-order valence-corrected chi connectivity index (χ3v) is 1.89. The molecule has 3 heteroatoms. The van der Waals surface area contributed by atoms with Crippen LogP contribution < -0.4 is 11.3 Å². The molecule has 0 saturated heterocycles. The molecule has 0 heterocycles. The Hall–Kier alpha value is -0.730. The number of benzene rings is 1. The van der Waals surface area contributed by atoms with Gasteiger partial charge in [0.15, 0.2) is 0 Å². The summed E-state index contributed by atoms with van der Waals surface area (Å²) >= 11 is 0. The third-order valence-electron chi connectivity index (χ3n) is 1.89. The van der Waals surface area contributed by atoms with E-state index in [9.17, 15) is 0 Å². The molecule has 0 bridgehead atoms. The van der Waals surface area contributed by atoms with Gasteiger partial charge in [0.05, 0.1) is 5.69 Å². The van der Waals surface area contributed by atoms with Gasteiger partial charge >= 0.3 is 0 Å². The van der Waals surface area contributed by atoms with E-state index in [0.29, 0.717) is 0 Å². The molecule has 0 unspecified atom stereocenters. The van der Waals surface area contributed by atoms with Crippen LogP contribution in [0.5, 0.6) is 0 Å². The second-order valence-corrected chi connectivity index (χ2v) is 3.94. The molecular weight excluding hydrogens is 184 g/mol. The Morgan fingerprint density at radius 1 is 1.15 bits per heavy atom. The van der Waals surface area contributed by atoms with Crippen LogP contribution in [0.25, 0.3) is 0 Å². The quantitative estimate of drug-likeness (QED) is 0.541. The average molecular weight is 201 g/mol. The fraction of sp³-hybridized carbons (Fsp3) is 0.400. The summed E-state index contributed by atoms with van der Waals surface area (Å²) in [7, 11) is 0. The topological polar surface area (TPSA) is 38.0 Å². The summed E-state index contributed by atoms with van der Waals surface area (Å²) in [5, 5.41) is 0. The number of rotatable bonds is 1. The van der Waals surface area contributed by atoms with Gasteiger partial charge in [0.25, 0.3) is 0 Å². The molecule has 0 aliphatic carbocycles. The van der Waals surface area contributed by atoms with Gasteiger partial charge in [-0.25, -0.2) is 0 Å². The van der Waals surface area contributed by atoms with Crippen molar-refractivity contribution in [2.75, 3.05) is 5.43 Å². The Bertz CT molecular complexity index is 266. The van der Waals surface area contributed by atoms with E-state index in [-0.39, 0.29) is 17.8 Å². The van der Waals surface area contributed by atoms with Crippen molar-refractivity contribution < 1.29 is 0 Å². The number of nitrogens with one attached hydrogen (secondary N) is 1. The van der Waals surface area contributed by atoms with Gasteiger partial charge < -0.3 is 5.43 Å². The number of hydrogen-bond donors (Lipinski definition) is 2. The number of nitrogens with two attached hydrogens (primary N) is 1. The van der Waals surface area contributed by atoms with E-state index in [0.717, 1.165) is 5.69 Å². The smallest absolute Gasteiger partial charge is 0.0522 e. The molecular formula is C10H17ClN2. The van der Waals surface area contributed by atoms with Crippen molar-refractivity contribution in [2.45, 2.75) is 26.2 Å². The maximum atomic E-state index is 5.40. The fourth-order valence-electron chi connectivity index (χ4n) is 1.26. The lowest BCUT2D eigenvalue weighted by atomic mass is 9.86. The zero-order valence-corrected chi connectivity index (χ0v) is 9.11. The molecule has 0 saturated carbocycles. The van der Waals surface area contributed by atoms with E-state index < -0.39 is 0 Å². The van der Waals surface area contributed by atoms with Gasteiger partial charge in [-0.2, -0.15) is 0 Å². The first kappa shape index (κ1) is 12.3. The second-order valence-electron chi connectivity index (χ2n) is 3.94. The zero-order chi connectivity index (χ0) is 9.19. The van der Waals surface area contributed by atoms with Crippen LogP contribution in [0.2, 0.25) is 0 Å². The van der Waals surface area contributed by atoms with E-state index in [1.807, 2.05) is 18.2 Å². The fourth-order valence-corrected chi connectivity index (χ4v) is 1.26. The van der Waals surface area contributed by atoms with Crippen molar-refractivity contribution in [3.8, 4) is 0 Å². The first-order valence-electron chi connectivity index (χ1n) is 4.12. The van der Waals surface area contributed by atoms with Crippen LogP contribution in [0, 0.1) is 0 Å². The molecule has 0 aromatic heterocycles. The summed E-state index contributed by atoms with van der Waals surface area (Å²) < 4.78 is 0. The lowest BCUT2D eigenvalue weighted by Gasteiger charge is -2.22. The monoisotopic (exact) mass is 200 g/mol. The summed E-state index contributed by atoms with van der Waals surface area (Å²) in [4.78, 5) is 0. The number of para-hydroxylation sites is 1. The number of anilines is 1. The summed E-state index contributed by atoms with van der Waals surface area (Å²) in [6, 6.07) is 8.08. The zero-order valence-electron chi connectivity index (χ0n) is 8.29. The minimum Gasteiger partial charge on any atom is -0.324 e. The van der Waals surface area contributed by atoms with E-state index in [2.05, 4.69) is 32.3 Å². The molecule has 74 valence electrons. The van der Waals surface area contributed by atoms with Crippen LogP contribution in [-0.2, 0) is 5.41 Å². The van der Waals surface area contributed by atoms with Crippen LogP contribution in [0.15, 0.2) is 24.3 Å². The lowest BCUT2D eigenvalue weighted by molar-refractivity contribution is 0.592. The van der Waals surface area contributed by atoms with Crippen molar-refractivity contribution in [3.63, 3.8) is 0 Å². The molecule has 0 aliphatic rings. The molecule has 0 radical (unpaired) electrons. The molecule has 0 spiro atoms. The molecule has 13 heavy (non-hydrogen) atoms. The predicted molar refractivity (Wildman–Crippen MR) is 60.2 cm³/mol. The molecule has 0 amide bonds. The minimum atomic E-state index is 0. The molecule has 0 atom stereocenters. The predicted octanol–water partition coefficient (Wildman–Crippen LogP) is 2.69. The SMILES string of the molecule is CC(C)(C)c1ccccc1NN.Cl. The number of nitrogen functional groups attached to an aromatic ring is 1. The molecule has 1 aromatic carbocycles. The lowest BCUT2D eigenvalue weighted by Crippen LogP contribution is -2.17. The third kappa shape index (κ3) is 2.90. The summed E-state index contributed by atoms with van der Waals surface area (Å²) in [5.41, 5.74) is 5.09. The Kier molecular flexibility index (Phi) is 4.24. The summed E-state index contributed by atoms with van der Waals surface area (Å²) in [6.07, 6.45) is 0. The largest absolute Gasteiger partial charge is 0.324 e. The standard InChI is InChI=1S/C10H16N2.ClH/c1-10(2,3)8-6-4-5-7-9(8)12-11;/h4-7,12H,11H2,1-3H3;1H. The van der Waals surface area contributed by atoms with Crippen LogP contribution in [0.3, 0.4) is 0 Å². The van der Waals surface area contributed by atoms with Gasteiger partial charge in [-0.15, -0.1) is 12.4 Å². The number of hydrogen-bond acceptors (Lipinski definition) is 2. The Morgan fingerprint density at radius 3 is 2.08 bits per heavy atom. The van der Waals surface area contributed by atoms with Crippen LogP contribution in [0.4, 0.5) is 5.69 Å². The van der Waals surface area contributed by atoms with Crippen LogP contribution >= 0.6 is 12.4 Å². The van der Waals surface area contributed by atoms with Gasteiger partial charge in [-0.05, 0) is 17.0 Å². The first-order chi connectivity index (χ1) is 5.55. The van der Waals surface area contributed by atoms with Gasteiger partial charge in [0.2, 0.25) is 0 Å². The highest BCUT2D eigenvalue weighted by Gasteiger charge is 2.16. The Labute approximate surface area is 85.9 Å². The molecule has 1 rings (SSSR count). The number of halogens is 1. The number of hydrazine groups is 1. The molecule has 0 fully saturated rings. The maximum absolute atomic E-state index is 5.40. The van der Waals surface area contributed by atoms with Crippen molar-refractivity contribution in [2.24, 2.45) is 5.84 Å². The van der Waals surface area contributed by atoms with Crippen molar-refractivity contribution in [1.82, 2.24) is 0 Å². The molecule has 2 nitrogen and oxygen atoms in total. The highest BCUT2D eigenvalue weighted by atomic mass is 35.5. The van der Waals surface area contributed by atoms with E-state index >= 15 is 0 Å². The van der Waals surface area contributed by atoms with Crippen molar-refractivity contribution >= 4 is 18.1 Å².